The Morgan fingerprint density at radius 1 is 0.571 bits per heavy atom. The third-order valence-corrected chi connectivity index (χ3v) is 23.6. The van der Waals surface area contributed by atoms with E-state index in [0.29, 0.717) is 83.8 Å². The van der Waals surface area contributed by atoms with E-state index < -0.39 is 62.1 Å². The molecule has 7 aromatic rings. The van der Waals surface area contributed by atoms with Gasteiger partial charge in [-0.25, -0.2) is 44.6 Å². The van der Waals surface area contributed by atoms with Gasteiger partial charge in [0.1, 0.15) is 6.61 Å². The molecule has 0 bridgehead atoms. The fraction of sp³-hybridized carbons (Fsp3) is 0.344. The fourth-order valence-corrected chi connectivity index (χ4v) is 17.9. The van der Waals surface area contributed by atoms with Crippen LogP contribution in [0.2, 0.25) is 0 Å². The van der Waals surface area contributed by atoms with Crippen LogP contribution in [0.4, 0.5) is 17.1 Å². The van der Waals surface area contributed by atoms with Crippen molar-refractivity contribution in [3.8, 4) is 32.4 Å². The second-order valence-electron chi connectivity index (χ2n) is 22.0. The minimum Gasteiger partial charge on any atom is -0.479 e. The van der Waals surface area contributed by atoms with E-state index >= 15 is 0 Å². The first-order valence-electron chi connectivity index (χ1n) is 29.4. The second kappa shape index (κ2) is 31.9. The molecule has 482 valence electrons. The van der Waals surface area contributed by atoms with Crippen LogP contribution in [-0.2, 0) is 57.2 Å². The number of rotatable bonds is 25. The number of benzene rings is 5. The normalized spacial score (nSPS) is 15.4. The molecule has 2 saturated heterocycles. The minimum atomic E-state index is -3.44. The summed E-state index contributed by atoms with van der Waals surface area (Å²) >= 11 is 9.26. The predicted octanol–water partition coefficient (Wildman–Crippen LogP) is 13.1. The molecule has 2 aliphatic heterocycles. The number of para-hydroxylation sites is 1. The first-order chi connectivity index (χ1) is 43.7. The topological polar surface area (TPSA) is 288 Å². The summed E-state index contributed by atoms with van der Waals surface area (Å²) in [4.78, 5) is 61.2. The molecule has 0 unspecified atom stereocenters. The highest BCUT2D eigenvalue weighted by Crippen LogP contribution is 2.48. The van der Waals surface area contributed by atoms with Crippen molar-refractivity contribution < 1.29 is 70.1 Å². The summed E-state index contributed by atoms with van der Waals surface area (Å²) in [6.07, 6.45) is 8.14. The zero-order valence-corrected chi connectivity index (χ0v) is 55.6. The van der Waals surface area contributed by atoms with Gasteiger partial charge in [0.25, 0.3) is 5.69 Å². The third-order valence-electron chi connectivity index (χ3n) is 15.5. The Morgan fingerprint density at radius 2 is 1.00 bits per heavy atom. The molecule has 91 heavy (non-hydrogen) atoms. The molecule has 5 aromatic carbocycles. The Labute approximate surface area is 552 Å². The number of ether oxygens (including phenoxy) is 4. The van der Waals surface area contributed by atoms with Crippen molar-refractivity contribution in [3.05, 3.63) is 179 Å². The molecule has 3 fully saturated rings. The molecule has 10 rings (SSSR count). The monoisotopic (exact) mass is 1450 g/mol. The summed E-state index contributed by atoms with van der Waals surface area (Å²) in [5.41, 5.74) is 4.70. The minimum absolute atomic E-state index is 0.00203. The number of carboxylic acid groups (broad SMARTS) is 2. The lowest BCUT2D eigenvalue weighted by atomic mass is 9.90. The van der Waals surface area contributed by atoms with E-state index in [-0.39, 0.29) is 62.7 Å². The lowest BCUT2D eigenvalue weighted by molar-refractivity contribution is -0.385. The zero-order valence-electron chi connectivity index (χ0n) is 49.2. The first kappa shape index (κ1) is 68.1. The maximum atomic E-state index is 13.2. The molecule has 1 saturated carbocycles. The van der Waals surface area contributed by atoms with E-state index in [1.807, 2.05) is 97.1 Å². The molecule has 0 amide bonds. The molecule has 3 aliphatic rings. The Hall–Kier alpha value is -7.24. The number of carboxylic acids is 2. The van der Waals surface area contributed by atoms with Crippen LogP contribution < -0.4 is 20.1 Å². The fourth-order valence-electron chi connectivity index (χ4n) is 10.9. The van der Waals surface area contributed by atoms with Gasteiger partial charge in [0.15, 0.2) is 34.5 Å². The van der Waals surface area contributed by atoms with E-state index in [1.165, 1.54) is 40.3 Å². The number of hydrogen-bond acceptors (Lipinski definition) is 18. The highest BCUT2D eigenvalue weighted by atomic mass is 79.9. The van der Waals surface area contributed by atoms with E-state index in [1.54, 1.807) is 22.5 Å². The average molecular weight is 1450 g/mol. The van der Waals surface area contributed by atoms with Gasteiger partial charge >= 0.3 is 23.9 Å². The van der Waals surface area contributed by atoms with Crippen LogP contribution >= 0.6 is 54.5 Å². The molecule has 0 radical (unpaired) electrons. The van der Waals surface area contributed by atoms with E-state index in [4.69, 9.17) is 18.9 Å². The summed E-state index contributed by atoms with van der Waals surface area (Å²) in [7, 11) is -6.83. The number of nitrogens with one attached hydrogen (secondary N) is 2. The molecule has 0 atom stereocenters. The van der Waals surface area contributed by atoms with Crippen LogP contribution in [0, 0.1) is 16.0 Å². The number of sulfonamides is 2. The standard InChI is InChI=1S/C32H30BrN3O9S2.C32H37BrN2O7S2/c33-28-29(44-19-27(37)38)31(32(39)45-18-23-9-4-5-12-26(23)36(40)41)46-30(28)22-10-6-11-25(17-22)34-24-13-15-35(16-14-24)47(42,43)20-21-7-2-1-3-8-21;33-28-29(41-20-27(36)37)31(32(38)42-19-22-8-3-1-4-9-22)43-30(28)24-12-7-13-26(18-24)34-25-14-16-35(17-15-25)44(39,40)21-23-10-5-2-6-11-23/h1-12,17,24,34H,13-16,18-20H2,(H,37,38);2,5-7,10-13,18,22,25,34H,1,3-4,8-9,14-17,19-21H2,(H,36,37). The number of anilines is 2. The molecule has 1 aliphatic carbocycles. The van der Waals surface area contributed by atoms with Crippen molar-refractivity contribution in [2.75, 3.05) is 56.6 Å². The lowest BCUT2D eigenvalue weighted by Gasteiger charge is -2.32. The van der Waals surface area contributed by atoms with Crippen molar-refractivity contribution in [2.45, 2.75) is 88.0 Å². The summed E-state index contributed by atoms with van der Waals surface area (Å²) in [5, 5.41) is 36.8. The molecule has 4 heterocycles. The maximum Gasteiger partial charge on any atom is 0.352 e. The SMILES string of the molecule is O=C(O)COc1c(C(=O)OCC2CCCCC2)sc(-c2cccc(NC3CCN(S(=O)(=O)Cc4ccccc4)CC3)c2)c1Br.O=C(O)COc1c(C(=O)OCc2ccccc2[N+](=O)[O-])sc(-c2cccc(NC3CCN(S(=O)(=O)Cc4ccccc4)CC3)c2)c1Br. The van der Waals surface area contributed by atoms with E-state index in [0.717, 1.165) is 70.0 Å². The van der Waals surface area contributed by atoms with Crippen LogP contribution in [0.25, 0.3) is 20.9 Å². The van der Waals surface area contributed by atoms with Gasteiger partial charge in [-0.05, 0) is 129 Å². The number of piperidine rings is 2. The molecule has 27 heteroatoms. The number of thiophene rings is 2. The smallest absolute Gasteiger partial charge is 0.352 e. The number of nitro benzene ring substituents is 1. The van der Waals surface area contributed by atoms with Gasteiger partial charge in [-0.1, -0.05) is 116 Å². The highest BCUT2D eigenvalue weighted by Gasteiger charge is 2.32. The van der Waals surface area contributed by atoms with Crippen molar-refractivity contribution in [1.29, 1.82) is 0 Å². The van der Waals surface area contributed by atoms with Crippen LogP contribution in [0.15, 0.2) is 142 Å². The summed E-state index contributed by atoms with van der Waals surface area (Å²) in [6.45, 7) is 0.355. The van der Waals surface area contributed by atoms with Gasteiger partial charge in [0, 0.05) is 55.7 Å². The van der Waals surface area contributed by atoms with Gasteiger partial charge in [0.2, 0.25) is 20.0 Å². The number of carbonyl (C=O) groups is 4. The van der Waals surface area contributed by atoms with Crippen LogP contribution in [0.3, 0.4) is 0 Å². The van der Waals surface area contributed by atoms with E-state index in [2.05, 4.69) is 42.5 Å². The first-order valence-corrected chi connectivity index (χ1v) is 35.8. The van der Waals surface area contributed by atoms with Gasteiger partial charge in [-0.2, -0.15) is 0 Å². The molecule has 0 spiro atoms. The van der Waals surface area contributed by atoms with Crippen molar-refractivity contribution >= 4 is 116 Å². The van der Waals surface area contributed by atoms with Gasteiger partial charge in [0.05, 0.1) is 47.3 Å². The zero-order chi connectivity index (χ0) is 64.7. The average Bonchev–Trinajstić information content (AvgIpc) is 1.80. The van der Waals surface area contributed by atoms with Gasteiger partial charge in [-0.3, -0.25) is 10.1 Å². The van der Waals surface area contributed by atoms with Gasteiger partial charge in [-0.15, -0.1) is 22.7 Å². The number of esters is 2. The quantitative estimate of drug-likeness (QED) is 0.0235. The number of halogens is 2. The van der Waals surface area contributed by atoms with Crippen LogP contribution in [0.1, 0.15) is 93.8 Å². The molecule has 21 nitrogen and oxygen atoms in total. The second-order valence-corrected chi connectivity index (χ2v) is 29.6. The van der Waals surface area contributed by atoms with Crippen molar-refractivity contribution in [1.82, 2.24) is 8.61 Å². The third kappa shape index (κ3) is 18.7. The number of nitro groups is 1. The Bertz CT molecular complexity index is 3930. The Morgan fingerprint density at radius 3 is 1.44 bits per heavy atom. The highest BCUT2D eigenvalue weighted by molar-refractivity contribution is 9.11. The Balaban J connectivity index is 0.000000216. The predicted molar refractivity (Wildman–Crippen MR) is 355 cm³/mol. The summed E-state index contributed by atoms with van der Waals surface area (Å²) < 4.78 is 78.0. The van der Waals surface area contributed by atoms with Crippen molar-refractivity contribution in [2.24, 2.45) is 5.92 Å². The number of aliphatic carboxylic acids is 2. The summed E-state index contributed by atoms with van der Waals surface area (Å²) in [6, 6.07) is 39.5. The Kier molecular flexibility index (Phi) is 23.9. The molecule has 2 aromatic heterocycles. The number of nitrogens with zero attached hydrogens (tertiary/aromatic N) is 3. The van der Waals surface area contributed by atoms with Crippen LogP contribution in [0.5, 0.6) is 11.5 Å². The summed E-state index contributed by atoms with van der Waals surface area (Å²) in [5.74, 6) is -3.27. The van der Waals surface area contributed by atoms with Gasteiger partial charge < -0.3 is 39.8 Å². The largest absolute Gasteiger partial charge is 0.479 e. The number of carbonyl (C=O) groups excluding carboxylic acids is 2. The lowest BCUT2D eigenvalue weighted by Crippen LogP contribution is -2.42. The molecule has 4 N–H and O–H groups in total. The van der Waals surface area contributed by atoms with E-state index in [9.17, 15) is 56.3 Å². The van der Waals surface area contributed by atoms with Crippen molar-refractivity contribution in [3.63, 3.8) is 0 Å². The molecular formula is C64H67Br2N5O16S4. The van der Waals surface area contributed by atoms with Crippen LogP contribution in [-0.4, -0.2) is 123 Å². The maximum absolute atomic E-state index is 13.2. The number of hydrogen-bond donors (Lipinski definition) is 4. The molecular weight excluding hydrogens is 1380 g/mol.